The van der Waals surface area contributed by atoms with E-state index in [1.807, 2.05) is 25.9 Å². The number of benzene rings is 1. The third-order valence-corrected chi connectivity index (χ3v) is 6.40. The maximum atomic E-state index is 13.5. The van der Waals surface area contributed by atoms with Crippen molar-refractivity contribution in [3.8, 4) is 5.69 Å². The Morgan fingerprint density at radius 2 is 1.94 bits per heavy atom. The number of halogens is 1. The predicted octanol–water partition coefficient (Wildman–Crippen LogP) is 3.21. The van der Waals surface area contributed by atoms with Crippen molar-refractivity contribution < 1.29 is 13.6 Å². The first-order valence-electron chi connectivity index (χ1n) is 10.5. The van der Waals surface area contributed by atoms with Gasteiger partial charge in [-0.05, 0) is 59.1 Å². The van der Waals surface area contributed by atoms with E-state index in [2.05, 4.69) is 25.7 Å². The van der Waals surface area contributed by atoms with Gasteiger partial charge in [0.25, 0.3) is 5.56 Å². The Labute approximate surface area is 198 Å². The molecule has 4 aromatic rings. The zero-order valence-corrected chi connectivity index (χ0v) is 20.2. The summed E-state index contributed by atoms with van der Waals surface area (Å²) < 4.78 is 20.9. The second-order valence-corrected chi connectivity index (χ2v) is 8.95. The number of H-pyrrole nitrogens is 1. The van der Waals surface area contributed by atoms with Crippen LogP contribution in [0.1, 0.15) is 30.2 Å². The van der Waals surface area contributed by atoms with E-state index in [1.165, 1.54) is 23.9 Å². The second kappa shape index (κ2) is 9.39. The fourth-order valence-electron chi connectivity index (χ4n) is 3.53. The highest BCUT2D eigenvalue weighted by atomic mass is 32.2. The Hall–Kier alpha value is -3.51. The Morgan fingerprint density at radius 1 is 1.24 bits per heavy atom. The fourth-order valence-corrected chi connectivity index (χ4v) is 4.29. The number of aryl methyl sites for hydroxylation is 2. The van der Waals surface area contributed by atoms with Gasteiger partial charge in [0.15, 0.2) is 11.0 Å². The van der Waals surface area contributed by atoms with Crippen molar-refractivity contribution in [3.63, 3.8) is 0 Å². The largest absolute Gasteiger partial charge is 0.444 e. The number of hydrogen-bond acceptors (Lipinski definition) is 8. The highest BCUT2D eigenvalue weighted by Crippen LogP contribution is 2.30. The van der Waals surface area contributed by atoms with Gasteiger partial charge in [-0.3, -0.25) is 24.4 Å². The number of aromatic nitrogens is 5. The molecule has 3 heterocycles. The standard InChI is InChI=1S/C22H24FN7O3S/c1-11-17-13(3)33-21(18(17)20(32)27-25-11)24-16(31)10-34-22-28-26-19(12(2)29(4)5)30(22)15-8-6-14(23)7-9-15/h6-9,12H,10H2,1-5H3,(H,24,31)(H,27,32). The van der Waals surface area contributed by atoms with Crippen molar-refractivity contribution >= 4 is 34.3 Å². The lowest BCUT2D eigenvalue weighted by molar-refractivity contribution is -0.113. The van der Waals surface area contributed by atoms with Crippen molar-refractivity contribution in [1.29, 1.82) is 0 Å². The number of furan rings is 1. The number of hydrogen-bond donors (Lipinski definition) is 2. The Bertz CT molecular complexity index is 1410. The van der Waals surface area contributed by atoms with E-state index >= 15 is 0 Å². The summed E-state index contributed by atoms with van der Waals surface area (Å²) in [6.45, 7) is 5.43. The van der Waals surface area contributed by atoms with Crippen molar-refractivity contribution in [2.75, 3.05) is 25.2 Å². The Balaban J connectivity index is 1.59. The zero-order chi connectivity index (χ0) is 24.6. The number of anilines is 1. The molecule has 0 fully saturated rings. The summed E-state index contributed by atoms with van der Waals surface area (Å²) in [4.78, 5) is 27.0. The molecule has 0 radical (unpaired) electrons. The van der Waals surface area contributed by atoms with Crippen LogP contribution in [0, 0.1) is 19.7 Å². The van der Waals surface area contributed by atoms with Crippen LogP contribution in [-0.2, 0) is 4.79 Å². The number of carbonyl (C=O) groups excluding carboxylic acids is 1. The molecule has 2 N–H and O–H groups in total. The lowest BCUT2D eigenvalue weighted by atomic mass is 10.2. The van der Waals surface area contributed by atoms with Gasteiger partial charge in [0.2, 0.25) is 11.8 Å². The minimum atomic E-state index is -0.446. The summed E-state index contributed by atoms with van der Waals surface area (Å²) in [5, 5.41) is 18.9. The lowest BCUT2D eigenvalue weighted by Crippen LogP contribution is -2.21. The first kappa shape index (κ1) is 23.6. The smallest absolute Gasteiger partial charge is 0.277 e. The quantitative estimate of drug-likeness (QED) is 0.383. The van der Waals surface area contributed by atoms with Gasteiger partial charge in [0.1, 0.15) is 17.0 Å². The second-order valence-electron chi connectivity index (χ2n) is 8.00. The van der Waals surface area contributed by atoms with E-state index in [0.717, 1.165) is 0 Å². The van der Waals surface area contributed by atoms with E-state index in [9.17, 15) is 14.0 Å². The first-order valence-corrected chi connectivity index (χ1v) is 11.4. The van der Waals surface area contributed by atoms with E-state index in [4.69, 9.17) is 4.42 Å². The minimum Gasteiger partial charge on any atom is -0.444 e. The molecule has 1 unspecified atom stereocenters. The molecule has 0 bridgehead atoms. The summed E-state index contributed by atoms with van der Waals surface area (Å²) in [7, 11) is 3.84. The average molecular weight is 486 g/mol. The molecular weight excluding hydrogens is 461 g/mol. The molecule has 0 aliphatic heterocycles. The van der Waals surface area contributed by atoms with Crippen molar-refractivity contribution in [2.24, 2.45) is 0 Å². The van der Waals surface area contributed by atoms with Gasteiger partial charge in [-0.15, -0.1) is 10.2 Å². The molecule has 0 aliphatic carbocycles. The number of aromatic amines is 1. The van der Waals surface area contributed by atoms with Crippen LogP contribution in [0.4, 0.5) is 10.3 Å². The van der Waals surface area contributed by atoms with E-state index in [1.54, 1.807) is 30.5 Å². The summed E-state index contributed by atoms with van der Waals surface area (Å²) in [5.74, 6) is 0.471. The van der Waals surface area contributed by atoms with Gasteiger partial charge in [-0.2, -0.15) is 5.10 Å². The van der Waals surface area contributed by atoms with Crippen LogP contribution >= 0.6 is 11.8 Å². The van der Waals surface area contributed by atoms with Crippen LogP contribution in [0.5, 0.6) is 0 Å². The van der Waals surface area contributed by atoms with Crippen LogP contribution < -0.4 is 10.9 Å². The Kier molecular flexibility index (Phi) is 6.53. The highest BCUT2D eigenvalue weighted by molar-refractivity contribution is 7.99. The van der Waals surface area contributed by atoms with Crippen molar-refractivity contribution in [2.45, 2.75) is 32.0 Å². The molecule has 3 aromatic heterocycles. The topological polar surface area (TPSA) is 122 Å². The van der Waals surface area contributed by atoms with Gasteiger partial charge in [0, 0.05) is 5.69 Å². The van der Waals surface area contributed by atoms with Crippen LogP contribution in [0.2, 0.25) is 0 Å². The summed E-state index contributed by atoms with van der Waals surface area (Å²) in [6.07, 6.45) is 0. The maximum absolute atomic E-state index is 13.5. The molecule has 178 valence electrons. The molecule has 0 aliphatic rings. The summed E-state index contributed by atoms with van der Waals surface area (Å²) in [6, 6.07) is 5.91. The molecule has 12 heteroatoms. The average Bonchev–Trinajstić information content (AvgIpc) is 3.36. The molecule has 1 aromatic carbocycles. The van der Waals surface area contributed by atoms with E-state index < -0.39 is 5.56 Å². The molecule has 0 saturated carbocycles. The zero-order valence-electron chi connectivity index (χ0n) is 19.3. The summed E-state index contributed by atoms with van der Waals surface area (Å²) >= 11 is 1.17. The molecule has 0 saturated heterocycles. The normalized spacial score (nSPS) is 12.4. The van der Waals surface area contributed by atoms with Crippen LogP contribution in [-0.4, -0.2) is 55.6 Å². The first-order chi connectivity index (χ1) is 16.2. The van der Waals surface area contributed by atoms with Gasteiger partial charge in [-0.1, -0.05) is 11.8 Å². The maximum Gasteiger partial charge on any atom is 0.277 e. The van der Waals surface area contributed by atoms with Crippen LogP contribution in [0.15, 0.2) is 38.6 Å². The van der Waals surface area contributed by atoms with Gasteiger partial charge in [0.05, 0.1) is 22.9 Å². The lowest BCUT2D eigenvalue weighted by Gasteiger charge is -2.20. The number of amides is 1. The van der Waals surface area contributed by atoms with Gasteiger partial charge < -0.3 is 4.42 Å². The summed E-state index contributed by atoms with van der Waals surface area (Å²) in [5.41, 5.74) is 0.833. The number of nitrogens with one attached hydrogen (secondary N) is 2. The number of rotatable bonds is 7. The number of fused-ring (bicyclic) bond motifs is 1. The number of nitrogens with zero attached hydrogens (tertiary/aromatic N) is 5. The molecule has 34 heavy (non-hydrogen) atoms. The van der Waals surface area contributed by atoms with E-state index in [0.29, 0.717) is 33.5 Å². The number of thioether (sulfide) groups is 1. The third kappa shape index (κ3) is 4.46. The molecule has 1 atom stereocenters. The fraction of sp³-hybridized carbons (Fsp3) is 0.318. The highest BCUT2D eigenvalue weighted by Gasteiger charge is 2.23. The van der Waals surface area contributed by atoms with E-state index in [-0.39, 0.29) is 34.8 Å². The predicted molar refractivity (Wildman–Crippen MR) is 127 cm³/mol. The molecular formula is C22H24FN7O3S. The van der Waals surface area contributed by atoms with Crippen molar-refractivity contribution in [1.82, 2.24) is 29.9 Å². The molecule has 0 spiro atoms. The van der Waals surface area contributed by atoms with Crippen molar-refractivity contribution in [3.05, 3.63) is 57.7 Å². The third-order valence-electron chi connectivity index (χ3n) is 5.48. The van der Waals surface area contributed by atoms with Gasteiger partial charge in [-0.25, -0.2) is 9.49 Å². The minimum absolute atomic E-state index is 0.0150. The molecule has 4 rings (SSSR count). The molecule has 10 nitrogen and oxygen atoms in total. The van der Waals surface area contributed by atoms with Gasteiger partial charge >= 0.3 is 0 Å². The monoisotopic (exact) mass is 485 g/mol. The molecule has 1 amide bonds. The Morgan fingerprint density at radius 3 is 2.62 bits per heavy atom. The number of carbonyl (C=O) groups is 1. The SMILES string of the molecule is Cc1n[nH]c(=O)c2c(NC(=O)CSc3nnc(C(C)N(C)C)n3-c3ccc(F)cc3)oc(C)c12. The van der Waals surface area contributed by atoms with Crippen LogP contribution in [0.25, 0.3) is 16.5 Å². The van der Waals surface area contributed by atoms with Crippen LogP contribution in [0.3, 0.4) is 0 Å².